The Labute approximate surface area is 197 Å². The number of carbonyl (C=O) groups excluding carboxylic acids is 2. The maximum Gasteiger partial charge on any atom is 0.267 e. The van der Waals surface area contributed by atoms with Crippen LogP contribution in [-0.4, -0.2) is 51.8 Å². The van der Waals surface area contributed by atoms with Gasteiger partial charge in [0.15, 0.2) is 0 Å². The molecule has 2 aromatic carbocycles. The van der Waals surface area contributed by atoms with Crippen molar-refractivity contribution in [2.45, 2.75) is 11.3 Å². The molecule has 0 bridgehead atoms. The van der Waals surface area contributed by atoms with Gasteiger partial charge in [0, 0.05) is 11.6 Å². The summed E-state index contributed by atoms with van der Waals surface area (Å²) in [5.74, 6) is -1.34. The van der Waals surface area contributed by atoms with Gasteiger partial charge >= 0.3 is 0 Å². The normalized spacial score (nSPS) is 16.6. The van der Waals surface area contributed by atoms with Gasteiger partial charge in [-0.1, -0.05) is 11.6 Å². The number of hydrogen-bond acceptors (Lipinski definition) is 7. The summed E-state index contributed by atoms with van der Waals surface area (Å²) >= 11 is 6.07. The zero-order chi connectivity index (χ0) is 22.8. The molecule has 1 atom stereocenters. The Morgan fingerprint density at radius 2 is 1.78 bits per heavy atom. The van der Waals surface area contributed by atoms with Crippen molar-refractivity contribution in [3.63, 3.8) is 0 Å². The van der Waals surface area contributed by atoms with E-state index in [9.17, 15) is 18.0 Å². The van der Waals surface area contributed by atoms with E-state index < -0.39 is 34.3 Å². The second-order valence-electron chi connectivity index (χ2n) is 6.91. The van der Waals surface area contributed by atoms with Crippen molar-refractivity contribution in [1.82, 2.24) is 9.62 Å². The van der Waals surface area contributed by atoms with Crippen LogP contribution in [0, 0.1) is 5.92 Å². The predicted molar refractivity (Wildman–Crippen MR) is 122 cm³/mol. The third-order valence-electron chi connectivity index (χ3n) is 4.93. The fourth-order valence-corrected chi connectivity index (χ4v) is 4.97. The molecule has 1 unspecified atom stereocenters. The number of methoxy groups -OCH3 is 2. The molecule has 0 aromatic heterocycles. The number of nitrogen functional groups attached to an aromatic ring is 1. The molecular formula is C20H23Cl2N3O6S. The molecule has 1 aliphatic heterocycles. The lowest BCUT2D eigenvalue weighted by molar-refractivity contribution is -0.131. The first-order chi connectivity index (χ1) is 14.7. The maximum absolute atomic E-state index is 13.2. The highest BCUT2D eigenvalue weighted by Gasteiger charge is 2.38. The summed E-state index contributed by atoms with van der Waals surface area (Å²) in [4.78, 5) is 25.2. The van der Waals surface area contributed by atoms with Crippen molar-refractivity contribution in [1.29, 1.82) is 0 Å². The highest BCUT2D eigenvalue weighted by atomic mass is 35.5. The lowest BCUT2D eigenvalue weighted by Crippen LogP contribution is -2.42. The van der Waals surface area contributed by atoms with Gasteiger partial charge in [-0.2, -0.15) is 0 Å². The fraction of sp³-hybridized carbons (Fsp3) is 0.300. The maximum atomic E-state index is 13.2. The van der Waals surface area contributed by atoms with E-state index in [1.807, 2.05) is 0 Å². The van der Waals surface area contributed by atoms with E-state index in [0.717, 1.165) is 0 Å². The minimum Gasteiger partial charge on any atom is -0.496 e. The number of nitrogens with one attached hydrogen (secondary N) is 1. The van der Waals surface area contributed by atoms with Crippen LogP contribution in [0.3, 0.4) is 0 Å². The van der Waals surface area contributed by atoms with Gasteiger partial charge in [0.25, 0.3) is 10.0 Å². The number of nitrogens with two attached hydrogens (primary N) is 1. The van der Waals surface area contributed by atoms with E-state index >= 15 is 0 Å². The van der Waals surface area contributed by atoms with E-state index in [0.29, 0.717) is 26.4 Å². The molecule has 1 heterocycles. The smallest absolute Gasteiger partial charge is 0.267 e. The first-order valence-corrected chi connectivity index (χ1v) is 11.1. The van der Waals surface area contributed by atoms with Crippen molar-refractivity contribution in [3.8, 4) is 11.5 Å². The molecule has 2 amide bonds. The van der Waals surface area contributed by atoms with Crippen LogP contribution in [0.5, 0.6) is 11.5 Å². The first kappa shape index (κ1) is 25.6. The van der Waals surface area contributed by atoms with Crippen LogP contribution in [0.2, 0.25) is 5.02 Å². The van der Waals surface area contributed by atoms with Crippen molar-refractivity contribution in [3.05, 3.63) is 47.0 Å². The van der Waals surface area contributed by atoms with Gasteiger partial charge in [-0.25, -0.2) is 12.7 Å². The summed E-state index contributed by atoms with van der Waals surface area (Å²) in [6, 6.07) is 8.80. The number of ether oxygens (including phenoxy) is 2. The number of carbonyl (C=O) groups is 2. The van der Waals surface area contributed by atoms with Gasteiger partial charge < -0.3 is 20.5 Å². The molecule has 12 heteroatoms. The zero-order valence-electron chi connectivity index (χ0n) is 17.3. The van der Waals surface area contributed by atoms with E-state index in [-0.39, 0.29) is 36.0 Å². The largest absolute Gasteiger partial charge is 0.496 e. The SMILES string of the molecule is COc1ccc(S(=O)(=O)N2CC(=O)NCC(Cc3cc(Cl)ccc3OC)C2=O)cc1N.Cl. The summed E-state index contributed by atoms with van der Waals surface area (Å²) in [6.07, 6.45) is 0.125. The zero-order valence-corrected chi connectivity index (χ0v) is 19.7. The van der Waals surface area contributed by atoms with Gasteiger partial charge in [-0.05, 0) is 48.4 Å². The van der Waals surface area contributed by atoms with Gasteiger partial charge in [-0.15, -0.1) is 12.4 Å². The molecule has 3 N–H and O–H groups in total. The first-order valence-electron chi connectivity index (χ1n) is 9.26. The summed E-state index contributed by atoms with van der Waals surface area (Å²) in [6.45, 7) is -0.652. The Hall–Kier alpha value is -2.69. The molecule has 32 heavy (non-hydrogen) atoms. The quantitative estimate of drug-likeness (QED) is 0.575. The summed E-state index contributed by atoms with van der Waals surface area (Å²) in [5, 5.41) is 3.04. The van der Waals surface area contributed by atoms with Crippen molar-refractivity contribution >= 4 is 51.5 Å². The fourth-order valence-electron chi connectivity index (χ4n) is 3.33. The molecule has 1 aliphatic rings. The Bertz CT molecular complexity index is 1130. The van der Waals surface area contributed by atoms with E-state index in [1.54, 1.807) is 18.2 Å². The third kappa shape index (κ3) is 5.20. The summed E-state index contributed by atoms with van der Waals surface area (Å²) < 4.78 is 37.4. The van der Waals surface area contributed by atoms with E-state index in [2.05, 4.69) is 5.32 Å². The molecule has 174 valence electrons. The Morgan fingerprint density at radius 3 is 2.41 bits per heavy atom. The minimum atomic E-state index is -4.33. The monoisotopic (exact) mass is 503 g/mol. The molecule has 3 rings (SSSR count). The van der Waals surface area contributed by atoms with Crippen LogP contribution in [0.15, 0.2) is 41.3 Å². The number of amides is 2. The van der Waals surface area contributed by atoms with Gasteiger partial charge in [0.1, 0.15) is 18.0 Å². The number of halogens is 2. The van der Waals surface area contributed by atoms with Crippen molar-refractivity contribution in [2.75, 3.05) is 33.0 Å². The van der Waals surface area contributed by atoms with Crippen LogP contribution in [0.25, 0.3) is 0 Å². The molecule has 9 nitrogen and oxygen atoms in total. The number of rotatable bonds is 6. The molecule has 0 radical (unpaired) electrons. The average molecular weight is 504 g/mol. The minimum absolute atomic E-state index is 0. The van der Waals surface area contributed by atoms with Crippen molar-refractivity contribution < 1.29 is 27.5 Å². The summed E-state index contributed by atoms with van der Waals surface area (Å²) in [5.41, 5.74) is 6.54. The second kappa shape index (κ2) is 10.3. The van der Waals surface area contributed by atoms with Crippen LogP contribution < -0.4 is 20.5 Å². The lowest BCUT2D eigenvalue weighted by Gasteiger charge is -2.23. The number of nitrogens with zero attached hydrogens (tertiary/aromatic N) is 1. The highest BCUT2D eigenvalue weighted by molar-refractivity contribution is 7.89. The van der Waals surface area contributed by atoms with Crippen LogP contribution in [0.1, 0.15) is 5.56 Å². The summed E-state index contributed by atoms with van der Waals surface area (Å²) in [7, 11) is -1.45. The molecule has 0 spiro atoms. The number of sulfonamides is 1. The highest BCUT2D eigenvalue weighted by Crippen LogP contribution is 2.29. The topological polar surface area (TPSA) is 128 Å². The molecule has 0 saturated carbocycles. The molecule has 2 aromatic rings. The van der Waals surface area contributed by atoms with Crippen LogP contribution >= 0.6 is 24.0 Å². The van der Waals surface area contributed by atoms with E-state index in [1.165, 1.54) is 32.4 Å². The number of hydrogen-bond donors (Lipinski definition) is 2. The van der Waals surface area contributed by atoms with Crippen molar-refractivity contribution in [2.24, 2.45) is 5.92 Å². The molecule has 0 aliphatic carbocycles. The lowest BCUT2D eigenvalue weighted by atomic mass is 9.98. The Balaban J connectivity index is 0.00000363. The Kier molecular flexibility index (Phi) is 8.22. The standard InChI is InChI=1S/C20H22ClN3O6S.ClH/c1-29-17-5-3-14(21)8-12(17)7-13-10-23-19(25)11-24(20(13)26)31(27,28)15-4-6-18(30-2)16(22)9-15;/h3-6,8-9,13H,7,10-11,22H2,1-2H3,(H,23,25);1H. The molecular weight excluding hydrogens is 481 g/mol. The molecule has 1 fully saturated rings. The third-order valence-corrected chi connectivity index (χ3v) is 6.90. The molecule has 1 saturated heterocycles. The number of benzene rings is 2. The van der Waals surface area contributed by atoms with Gasteiger partial charge in [0.2, 0.25) is 11.8 Å². The van der Waals surface area contributed by atoms with Crippen LogP contribution in [-0.2, 0) is 26.0 Å². The van der Waals surface area contributed by atoms with Crippen LogP contribution in [0.4, 0.5) is 5.69 Å². The number of anilines is 1. The second-order valence-corrected chi connectivity index (χ2v) is 9.21. The van der Waals surface area contributed by atoms with E-state index in [4.69, 9.17) is 26.8 Å². The van der Waals surface area contributed by atoms with Gasteiger partial charge in [0.05, 0.1) is 30.7 Å². The van der Waals surface area contributed by atoms with Gasteiger partial charge in [-0.3, -0.25) is 9.59 Å². The Morgan fingerprint density at radius 1 is 1.12 bits per heavy atom. The predicted octanol–water partition coefficient (Wildman–Crippen LogP) is 1.87. The average Bonchev–Trinajstić information content (AvgIpc) is 2.87.